The summed E-state index contributed by atoms with van der Waals surface area (Å²) in [5, 5.41) is 0. The summed E-state index contributed by atoms with van der Waals surface area (Å²) in [6, 6.07) is 0. The van der Waals surface area contributed by atoms with Gasteiger partial charge in [-0.05, 0) is 6.42 Å². The van der Waals surface area contributed by atoms with Gasteiger partial charge >= 0.3 is 5.97 Å². The minimum absolute atomic E-state index is 0.0816. The summed E-state index contributed by atoms with van der Waals surface area (Å²) >= 11 is 0. The maximum Gasteiger partial charge on any atom is 0.306 e. The van der Waals surface area contributed by atoms with Gasteiger partial charge in [0.05, 0.1) is 0 Å². The van der Waals surface area contributed by atoms with Crippen LogP contribution in [-0.4, -0.2) is 12.6 Å². The highest BCUT2D eigenvalue weighted by Gasteiger charge is 2.01. The number of unbranched alkanes of at least 4 members (excludes halogenated alkanes) is 18. The topological polar surface area (TPSA) is 26.3 Å². The van der Waals surface area contributed by atoms with Crippen molar-refractivity contribution in [1.29, 1.82) is 0 Å². The third kappa shape index (κ3) is 23.2. The van der Waals surface area contributed by atoms with Crippen molar-refractivity contribution in [2.45, 2.75) is 135 Å². The number of rotatable bonds is 22. The molecule has 0 aliphatic rings. The van der Waals surface area contributed by atoms with Gasteiger partial charge in [0.25, 0.3) is 0 Å². The SMILES string of the molecule is C=CCOC(=O)CCCCCCCCCCCCCCCCCCCCC. The zero-order valence-electron chi connectivity index (χ0n) is 18.5. The van der Waals surface area contributed by atoms with Crippen LogP contribution in [-0.2, 0) is 9.53 Å². The van der Waals surface area contributed by atoms with Crippen LogP contribution in [0.3, 0.4) is 0 Å². The van der Waals surface area contributed by atoms with Crippen LogP contribution < -0.4 is 0 Å². The number of esters is 1. The van der Waals surface area contributed by atoms with Crippen molar-refractivity contribution in [3.63, 3.8) is 0 Å². The maximum atomic E-state index is 11.3. The van der Waals surface area contributed by atoms with Crippen LogP contribution >= 0.6 is 0 Å². The average molecular weight is 381 g/mol. The number of hydrogen-bond acceptors (Lipinski definition) is 2. The number of hydrogen-bond donors (Lipinski definition) is 0. The predicted octanol–water partition coefficient (Wildman–Crippen LogP) is 8.54. The Morgan fingerprint density at radius 1 is 0.630 bits per heavy atom. The molecule has 27 heavy (non-hydrogen) atoms. The lowest BCUT2D eigenvalue weighted by Crippen LogP contribution is -2.03. The van der Waals surface area contributed by atoms with Crippen molar-refractivity contribution in [3.05, 3.63) is 12.7 Å². The van der Waals surface area contributed by atoms with E-state index >= 15 is 0 Å². The molecular formula is C25H48O2. The zero-order valence-corrected chi connectivity index (χ0v) is 18.5. The lowest BCUT2D eigenvalue weighted by molar-refractivity contribution is -0.142. The molecule has 2 heteroatoms. The zero-order chi connectivity index (χ0) is 19.8. The van der Waals surface area contributed by atoms with E-state index < -0.39 is 0 Å². The number of carbonyl (C=O) groups excluding carboxylic acids is 1. The smallest absolute Gasteiger partial charge is 0.306 e. The van der Waals surface area contributed by atoms with Gasteiger partial charge < -0.3 is 4.74 Å². The Hall–Kier alpha value is -0.790. The summed E-state index contributed by atoms with van der Waals surface area (Å²) in [7, 11) is 0. The van der Waals surface area contributed by atoms with E-state index in [1.54, 1.807) is 6.08 Å². The highest BCUT2D eigenvalue weighted by atomic mass is 16.5. The second-order valence-corrected chi connectivity index (χ2v) is 8.09. The molecule has 0 saturated heterocycles. The quantitative estimate of drug-likeness (QED) is 0.107. The molecule has 0 aliphatic heterocycles. The fourth-order valence-corrected chi connectivity index (χ4v) is 3.57. The van der Waals surface area contributed by atoms with Crippen LogP contribution in [0.1, 0.15) is 135 Å². The second kappa shape index (κ2) is 23.2. The molecule has 0 unspecified atom stereocenters. The Balaban J connectivity index is 3.05. The lowest BCUT2D eigenvalue weighted by Gasteiger charge is -2.04. The first-order valence-corrected chi connectivity index (χ1v) is 12.1. The van der Waals surface area contributed by atoms with Crippen molar-refractivity contribution >= 4 is 5.97 Å². The first kappa shape index (κ1) is 26.2. The van der Waals surface area contributed by atoms with Gasteiger partial charge in [-0.1, -0.05) is 135 Å². The van der Waals surface area contributed by atoms with Gasteiger partial charge in [0.2, 0.25) is 0 Å². The summed E-state index contributed by atoms with van der Waals surface area (Å²) < 4.78 is 4.97. The monoisotopic (exact) mass is 380 g/mol. The third-order valence-electron chi connectivity index (χ3n) is 5.35. The highest BCUT2D eigenvalue weighted by molar-refractivity contribution is 5.69. The molecule has 0 radical (unpaired) electrons. The lowest BCUT2D eigenvalue weighted by atomic mass is 10.0. The Bertz CT molecular complexity index is 311. The van der Waals surface area contributed by atoms with E-state index in [0.717, 1.165) is 12.8 Å². The van der Waals surface area contributed by atoms with Crippen LogP contribution in [0.5, 0.6) is 0 Å². The first-order chi connectivity index (χ1) is 13.3. The normalized spacial score (nSPS) is 10.9. The number of carbonyl (C=O) groups is 1. The Kier molecular flexibility index (Phi) is 22.6. The van der Waals surface area contributed by atoms with E-state index in [2.05, 4.69) is 13.5 Å². The van der Waals surface area contributed by atoms with Crippen LogP contribution in [0.25, 0.3) is 0 Å². The predicted molar refractivity (Wildman–Crippen MR) is 119 cm³/mol. The molecule has 0 heterocycles. The molecule has 0 aromatic heterocycles. The van der Waals surface area contributed by atoms with Gasteiger partial charge in [0.15, 0.2) is 0 Å². The summed E-state index contributed by atoms with van der Waals surface area (Å²) in [5.41, 5.74) is 0. The van der Waals surface area contributed by atoms with Gasteiger partial charge in [-0.2, -0.15) is 0 Å². The molecule has 0 N–H and O–H groups in total. The molecule has 0 fully saturated rings. The van der Waals surface area contributed by atoms with Gasteiger partial charge in [0.1, 0.15) is 6.61 Å². The summed E-state index contributed by atoms with van der Waals surface area (Å²) in [6.45, 7) is 6.17. The van der Waals surface area contributed by atoms with E-state index in [1.807, 2.05) is 0 Å². The van der Waals surface area contributed by atoms with E-state index in [-0.39, 0.29) is 5.97 Å². The second-order valence-electron chi connectivity index (χ2n) is 8.09. The number of ether oxygens (including phenoxy) is 1. The van der Waals surface area contributed by atoms with Crippen molar-refractivity contribution < 1.29 is 9.53 Å². The van der Waals surface area contributed by atoms with Gasteiger partial charge in [-0.15, -0.1) is 0 Å². The fraction of sp³-hybridized carbons (Fsp3) is 0.880. The Labute approximate surface area is 170 Å². The molecule has 0 saturated carbocycles. The maximum absolute atomic E-state index is 11.3. The molecule has 0 rings (SSSR count). The van der Waals surface area contributed by atoms with Crippen LogP contribution in [0.4, 0.5) is 0 Å². The van der Waals surface area contributed by atoms with Gasteiger partial charge in [-0.25, -0.2) is 0 Å². The highest BCUT2D eigenvalue weighted by Crippen LogP contribution is 2.14. The van der Waals surface area contributed by atoms with Gasteiger partial charge in [0, 0.05) is 6.42 Å². The molecule has 2 nitrogen and oxygen atoms in total. The van der Waals surface area contributed by atoms with Crippen molar-refractivity contribution in [2.75, 3.05) is 6.61 Å². The van der Waals surface area contributed by atoms with E-state index in [9.17, 15) is 4.79 Å². The standard InChI is InChI=1S/C25H48O2/c1-3-5-6-7-8-9-10-11-12-13-14-15-16-17-18-19-20-21-22-23-25(26)27-24-4-2/h4H,2-3,5-24H2,1H3. The minimum Gasteiger partial charge on any atom is -0.461 e. The van der Waals surface area contributed by atoms with Crippen molar-refractivity contribution in [3.8, 4) is 0 Å². The fourth-order valence-electron chi connectivity index (χ4n) is 3.57. The molecule has 0 atom stereocenters. The van der Waals surface area contributed by atoms with Crippen molar-refractivity contribution in [1.82, 2.24) is 0 Å². The van der Waals surface area contributed by atoms with E-state index in [0.29, 0.717) is 13.0 Å². The molecule has 0 spiro atoms. The minimum atomic E-state index is -0.0816. The van der Waals surface area contributed by atoms with Crippen LogP contribution in [0.15, 0.2) is 12.7 Å². The molecule has 0 bridgehead atoms. The third-order valence-corrected chi connectivity index (χ3v) is 5.35. The first-order valence-electron chi connectivity index (χ1n) is 12.1. The van der Waals surface area contributed by atoms with Crippen molar-refractivity contribution in [2.24, 2.45) is 0 Å². The van der Waals surface area contributed by atoms with Crippen LogP contribution in [0, 0.1) is 0 Å². The summed E-state index contributed by atoms with van der Waals surface area (Å²) in [4.78, 5) is 11.3. The van der Waals surface area contributed by atoms with E-state index in [1.165, 1.54) is 109 Å². The molecule has 160 valence electrons. The molecule has 0 amide bonds. The average Bonchev–Trinajstić information content (AvgIpc) is 2.68. The summed E-state index contributed by atoms with van der Waals surface area (Å²) in [6.07, 6.45) is 28.3. The molecular weight excluding hydrogens is 332 g/mol. The molecule has 0 aliphatic carbocycles. The Morgan fingerprint density at radius 3 is 1.30 bits per heavy atom. The summed E-state index contributed by atoms with van der Waals surface area (Å²) in [5.74, 6) is -0.0816. The van der Waals surface area contributed by atoms with Gasteiger partial charge in [-0.3, -0.25) is 4.79 Å². The largest absolute Gasteiger partial charge is 0.461 e. The van der Waals surface area contributed by atoms with E-state index in [4.69, 9.17) is 4.74 Å². The molecule has 0 aromatic carbocycles. The molecule has 0 aromatic rings. The van der Waals surface area contributed by atoms with Crippen LogP contribution in [0.2, 0.25) is 0 Å². The Morgan fingerprint density at radius 2 is 0.963 bits per heavy atom.